The molecule has 9 nitrogen and oxygen atoms in total. The van der Waals surface area contributed by atoms with Crippen LogP contribution in [-0.2, 0) is 23.9 Å². The molecule has 1 amide bonds. The number of nitrogens with one attached hydrogen (secondary N) is 1. The van der Waals surface area contributed by atoms with Crippen molar-refractivity contribution in [3.63, 3.8) is 0 Å². The molecule has 9 heteroatoms. The number of hydrogen-bond donors (Lipinski definition) is 1. The van der Waals surface area contributed by atoms with Crippen molar-refractivity contribution >= 4 is 17.8 Å². The van der Waals surface area contributed by atoms with Crippen molar-refractivity contribution in [3.8, 4) is 0 Å². The highest BCUT2D eigenvalue weighted by atomic mass is 16.5. The van der Waals surface area contributed by atoms with E-state index in [0.29, 0.717) is 0 Å². The van der Waals surface area contributed by atoms with Crippen LogP contribution in [-0.4, -0.2) is 42.6 Å². The van der Waals surface area contributed by atoms with Crippen LogP contribution < -0.4 is 5.32 Å². The van der Waals surface area contributed by atoms with E-state index in [-0.39, 0.29) is 24.5 Å². The van der Waals surface area contributed by atoms with Crippen molar-refractivity contribution in [2.75, 3.05) is 6.61 Å². The highest BCUT2D eigenvalue weighted by Crippen LogP contribution is 2.25. The van der Waals surface area contributed by atoms with Crippen LogP contribution in [0.25, 0.3) is 10.4 Å². The lowest BCUT2D eigenvalue weighted by molar-refractivity contribution is -0.147. The lowest BCUT2D eigenvalue weighted by Gasteiger charge is -2.34. The van der Waals surface area contributed by atoms with Gasteiger partial charge in [-0.1, -0.05) is 5.11 Å². The van der Waals surface area contributed by atoms with E-state index in [1.165, 1.54) is 19.9 Å². The molecule has 22 heavy (non-hydrogen) atoms. The molecule has 0 spiro atoms. The predicted octanol–water partition coefficient (Wildman–Crippen LogP) is 0.995. The first-order valence-electron chi connectivity index (χ1n) is 6.75. The summed E-state index contributed by atoms with van der Waals surface area (Å²) in [4.78, 5) is 37.1. The first kappa shape index (κ1) is 17.5. The maximum Gasteiger partial charge on any atom is 0.333 e. The number of amides is 1. The molecule has 0 fully saturated rings. The average molecular weight is 310 g/mol. The Labute approximate surface area is 127 Å². The second-order valence-electron chi connectivity index (χ2n) is 4.69. The van der Waals surface area contributed by atoms with Gasteiger partial charge in [0, 0.05) is 24.3 Å². The van der Waals surface area contributed by atoms with E-state index in [0.717, 1.165) is 0 Å². The lowest BCUT2D eigenvalue weighted by atomic mass is 9.88. The molecular weight excluding hydrogens is 292 g/mol. The van der Waals surface area contributed by atoms with Gasteiger partial charge in [0.2, 0.25) is 5.91 Å². The molecule has 0 saturated heterocycles. The fraction of sp³-hybridized carbons (Fsp3) is 0.615. The summed E-state index contributed by atoms with van der Waals surface area (Å²) in [5, 5.41) is 6.18. The third-order valence-corrected chi connectivity index (χ3v) is 2.97. The molecular formula is C13H18N4O5. The third kappa shape index (κ3) is 4.78. The Kier molecular flexibility index (Phi) is 6.40. The zero-order valence-corrected chi connectivity index (χ0v) is 12.6. The van der Waals surface area contributed by atoms with Gasteiger partial charge < -0.3 is 14.8 Å². The molecule has 0 aromatic rings. The molecule has 0 aromatic carbocycles. The van der Waals surface area contributed by atoms with Crippen LogP contribution in [0.2, 0.25) is 0 Å². The van der Waals surface area contributed by atoms with E-state index in [4.69, 9.17) is 15.0 Å². The number of hydrogen-bond acceptors (Lipinski definition) is 6. The van der Waals surface area contributed by atoms with Crippen molar-refractivity contribution in [1.29, 1.82) is 0 Å². The SMILES string of the molecule is CCOC(=O)C1=C[C@@H](OC(C)=O)[C@@H](NC(C)=O)[C@H](N=[N+]=[N-])C1. The number of esters is 2. The minimum Gasteiger partial charge on any atom is -0.463 e. The molecule has 1 rings (SSSR count). The lowest BCUT2D eigenvalue weighted by Crippen LogP contribution is -2.52. The van der Waals surface area contributed by atoms with E-state index in [2.05, 4.69) is 15.3 Å². The van der Waals surface area contributed by atoms with Crippen LogP contribution in [0.5, 0.6) is 0 Å². The molecule has 1 N–H and O–H groups in total. The highest BCUT2D eigenvalue weighted by Gasteiger charge is 2.37. The Morgan fingerprint density at radius 3 is 2.64 bits per heavy atom. The van der Waals surface area contributed by atoms with E-state index in [1.54, 1.807) is 6.92 Å². The van der Waals surface area contributed by atoms with Gasteiger partial charge in [-0.25, -0.2) is 4.79 Å². The first-order valence-corrected chi connectivity index (χ1v) is 6.75. The molecule has 120 valence electrons. The van der Waals surface area contributed by atoms with E-state index in [9.17, 15) is 14.4 Å². The molecule has 1 aliphatic carbocycles. The molecule has 0 saturated carbocycles. The van der Waals surface area contributed by atoms with Crippen LogP contribution in [0.1, 0.15) is 27.2 Å². The number of carbonyl (C=O) groups excluding carboxylic acids is 3. The average Bonchev–Trinajstić information content (AvgIpc) is 2.41. The van der Waals surface area contributed by atoms with Crippen LogP contribution in [0.3, 0.4) is 0 Å². The van der Waals surface area contributed by atoms with Gasteiger partial charge in [0.25, 0.3) is 0 Å². The summed E-state index contributed by atoms with van der Waals surface area (Å²) in [5.74, 6) is -1.52. The topological polar surface area (TPSA) is 130 Å². The Morgan fingerprint density at radius 2 is 2.14 bits per heavy atom. The van der Waals surface area contributed by atoms with Crippen LogP contribution in [0, 0.1) is 0 Å². The first-order chi connectivity index (χ1) is 10.4. The molecule has 0 unspecified atom stereocenters. The van der Waals surface area contributed by atoms with Gasteiger partial charge in [0.1, 0.15) is 6.10 Å². The maximum absolute atomic E-state index is 11.9. The van der Waals surface area contributed by atoms with E-state index < -0.39 is 30.1 Å². The Bertz CT molecular complexity index is 539. The van der Waals surface area contributed by atoms with Gasteiger partial charge in [-0.15, -0.1) is 0 Å². The second-order valence-corrected chi connectivity index (χ2v) is 4.69. The minimum atomic E-state index is -0.912. The number of carbonyl (C=O) groups is 3. The van der Waals surface area contributed by atoms with Gasteiger partial charge in [-0.2, -0.15) is 0 Å². The zero-order chi connectivity index (χ0) is 16.7. The predicted molar refractivity (Wildman–Crippen MR) is 75.4 cm³/mol. The second kappa shape index (κ2) is 8.04. The van der Waals surface area contributed by atoms with Gasteiger partial charge in [-0.05, 0) is 25.0 Å². The van der Waals surface area contributed by atoms with Gasteiger partial charge in [-0.3, -0.25) is 9.59 Å². The van der Waals surface area contributed by atoms with Crippen molar-refractivity contribution in [1.82, 2.24) is 5.32 Å². The summed E-state index contributed by atoms with van der Waals surface area (Å²) >= 11 is 0. The molecule has 0 heterocycles. The van der Waals surface area contributed by atoms with Crippen LogP contribution in [0.15, 0.2) is 16.8 Å². The molecule has 0 aliphatic heterocycles. The molecule has 3 atom stereocenters. The summed E-state index contributed by atoms with van der Waals surface area (Å²) < 4.78 is 10.0. The molecule has 0 bridgehead atoms. The summed E-state index contributed by atoms with van der Waals surface area (Å²) in [6, 6.07) is -1.50. The normalized spacial score (nSPS) is 23.6. The Balaban J connectivity index is 3.16. The van der Waals surface area contributed by atoms with Crippen molar-refractivity contribution in [2.24, 2.45) is 5.11 Å². The van der Waals surface area contributed by atoms with Crippen LogP contribution in [0.4, 0.5) is 0 Å². The van der Waals surface area contributed by atoms with Crippen LogP contribution >= 0.6 is 0 Å². The minimum absolute atomic E-state index is 0.0889. The number of azide groups is 1. The van der Waals surface area contributed by atoms with Crippen molar-refractivity contribution in [3.05, 3.63) is 22.1 Å². The summed E-state index contributed by atoms with van der Waals surface area (Å²) in [7, 11) is 0. The number of ether oxygens (including phenoxy) is 2. The molecule has 1 aliphatic rings. The smallest absolute Gasteiger partial charge is 0.333 e. The Morgan fingerprint density at radius 1 is 1.45 bits per heavy atom. The molecule has 0 aromatic heterocycles. The molecule has 0 radical (unpaired) electrons. The van der Waals surface area contributed by atoms with Crippen molar-refractivity contribution < 1.29 is 23.9 Å². The van der Waals surface area contributed by atoms with Gasteiger partial charge >= 0.3 is 11.9 Å². The standard InChI is InChI=1S/C13H18N4O5/c1-4-21-13(20)9-5-10(16-17-14)12(15-7(2)18)11(6-9)22-8(3)19/h6,10-12H,4-5H2,1-3H3,(H,15,18)/t10-,11-,12+/m1/s1. The monoisotopic (exact) mass is 310 g/mol. The largest absolute Gasteiger partial charge is 0.463 e. The van der Waals surface area contributed by atoms with Crippen molar-refractivity contribution in [2.45, 2.75) is 45.4 Å². The van der Waals surface area contributed by atoms with E-state index in [1.807, 2.05) is 0 Å². The zero-order valence-electron chi connectivity index (χ0n) is 12.6. The Hall–Kier alpha value is -2.54. The fourth-order valence-corrected chi connectivity index (χ4v) is 2.21. The quantitative estimate of drug-likeness (QED) is 0.350. The van der Waals surface area contributed by atoms with Gasteiger partial charge in [0.15, 0.2) is 0 Å². The summed E-state index contributed by atoms with van der Waals surface area (Å²) in [6.07, 6.45) is 0.597. The highest BCUT2D eigenvalue weighted by molar-refractivity contribution is 5.89. The third-order valence-electron chi connectivity index (χ3n) is 2.97. The number of nitrogens with zero attached hydrogens (tertiary/aromatic N) is 3. The number of rotatable bonds is 5. The maximum atomic E-state index is 11.9. The summed E-state index contributed by atoms with van der Waals surface area (Å²) in [6.45, 7) is 4.36. The summed E-state index contributed by atoms with van der Waals surface area (Å²) in [5.41, 5.74) is 8.91. The van der Waals surface area contributed by atoms with E-state index >= 15 is 0 Å². The fourth-order valence-electron chi connectivity index (χ4n) is 2.21. The van der Waals surface area contributed by atoms with Gasteiger partial charge in [0.05, 0.1) is 18.7 Å².